The summed E-state index contributed by atoms with van der Waals surface area (Å²) >= 11 is 0. The number of benzene rings is 3. The molecule has 3 heterocycles. The van der Waals surface area contributed by atoms with Gasteiger partial charge in [0.05, 0.1) is 10.5 Å². The van der Waals surface area contributed by atoms with Crippen molar-refractivity contribution < 1.29 is 22.8 Å². The Hall–Kier alpha value is -4.96. The summed E-state index contributed by atoms with van der Waals surface area (Å²) in [5, 5.41) is 1.01. The van der Waals surface area contributed by atoms with Crippen LogP contribution in [0, 0.1) is 6.92 Å². The van der Waals surface area contributed by atoms with Gasteiger partial charge in [-0.25, -0.2) is 13.1 Å². The van der Waals surface area contributed by atoms with E-state index >= 15 is 0 Å². The Morgan fingerprint density at radius 3 is 1.98 bits per heavy atom. The molecule has 2 aliphatic heterocycles. The van der Waals surface area contributed by atoms with Crippen molar-refractivity contribution in [2.45, 2.75) is 44.0 Å². The number of hydrogen-bond donors (Lipinski definition) is 1. The Bertz CT molecular complexity index is 2000. The number of nitrogens with zero attached hydrogens (tertiary/aromatic N) is 3. The summed E-state index contributed by atoms with van der Waals surface area (Å²) in [6, 6.07) is 19.8. The zero-order chi connectivity index (χ0) is 33.0. The quantitative estimate of drug-likeness (QED) is 0.245. The van der Waals surface area contributed by atoms with Gasteiger partial charge in [-0.3, -0.25) is 14.4 Å². The fourth-order valence-electron chi connectivity index (χ4n) is 6.36. The molecule has 2 saturated heterocycles. The van der Waals surface area contributed by atoms with Crippen molar-refractivity contribution in [2.24, 2.45) is 0 Å². The van der Waals surface area contributed by atoms with Crippen LogP contribution in [0.5, 0.6) is 0 Å². The van der Waals surface area contributed by atoms with E-state index in [0.717, 1.165) is 36.6 Å². The van der Waals surface area contributed by atoms with Crippen molar-refractivity contribution >= 4 is 50.8 Å². The van der Waals surface area contributed by atoms with Gasteiger partial charge in [-0.05, 0) is 90.6 Å². The summed E-state index contributed by atoms with van der Waals surface area (Å²) in [4.78, 5) is 43.8. The standard InChI is InChI=1S/C37H38N4O5S/c1-27-10-2-5-13-33(27)47(45,46)38-37(44)36-30(17-19-35(43)40-23-8-9-24-40)15-14-28(16-18-34(42)39-21-6-7-22-39)31(36)26-41-25-20-29-11-3-4-12-32(29)41/h2-5,10-20,25H,6-9,21-24,26H2,1H3,(H,38,44). The van der Waals surface area contributed by atoms with Crippen LogP contribution < -0.4 is 4.72 Å². The molecule has 0 atom stereocenters. The van der Waals surface area contributed by atoms with Crippen LogP contribution in [0.15, 0.2) is 90.0 Å². The molecular weight excluding hydrogens is 612 g/mol. The highest BCUT2D eigenvalue weighted by atomic mass is 32.2. The van der Waals surface area contributed by atoms with E-state index < -0.39 is 15.9 Å². The number of carbonyl (C=O) groups excluding carboxylic acids is 3. The summed E-state index contributed by atoms with van der Waals surface area (Å²) in [6.07, 6.45) is 11.9. The van der Waals surface area contributed by atoms with Gasteiger partial charge in [0.2, 0.25) is 11.8 Å². The van der Waals surface area contributed by atoms with Crippen molar-refractivity contribution in [1.82, 2.24) is 19.1 Å². The first-order chi connectivity index (χ1) is 22.7. The van der Waals surface area contributed by atoms with Crippen LogP contribution in [-0.4, -0.2) is 66.7 Å². The predicted molar refractivity (Wildman–Crippen MR) is 183 cm³/mol. The number of sulfonamides is 1. The van der Waals surface area contributed by atoms with Crippen molar-refractivity contribution in [3.63, 3.8) is 0 Å². The molecule has 2 fully saturated rings. The highest BCUT2D eigenvalue weighted by molar-refractivity contribution is 7.90. The molecule has 47 heavy (non-hydrogen) atoms. The van der Waals surface area contributed by atoms with E-state index in [1.54, 1.807) is 59.2 Å². The topological polar surface area (TPSA) is 109 Å². The molecule has 242 valence electrons. The zero-order valence-electron chi connectivity index (χ0n) is 26.4. The molecule has 6 rings (SSSR count). The minimum Gasteiger partial charge on any atom is -0.343 e. The average molecular weight is 651 g/mol. The summed E-state index contributed by atoms with van der Waals surface area (Å²) in [5.41, 5.74) is 3.05. The second-order valence-corrected chi connectivity index (χ2v) is 13.7. The fourth-order valence-corrected chi connectivity index (χ4v) is 7.56. The largest absolute Gasteiger partial charge is 0.343 e. The van der Waals surface area contributed by atoms with Crippen molar-refractivity contribution in [3.8, 4) is 0 Å². The molecule has 0 saturated carbocycles. The van der Waals surface area contributed by atoms with Gasteiger partial charge in [0.25, 0.3) is 15.9 Å². The SMILES string of the molecule is Cc1ccccc1S(=O)(=O)NC(=O)c1c(C=CC(=O)N2CCCC2)ccc(C=CC(=O)N2CCCC2)c1Cn1ccc2ccccc21. The third-order valence-electron chi connectivity index (χ3n) is 8.87. The molecule has 3 amide bonds. The molecule has 0 radical (unpaired) electrons. The first-order valence-electron chi connectivity index (χ1n) is 16.0. The second-order valence-electron chi connectivity index (χ2n) is 12.0. The zero-order valence-corrected chi connectivity index (χ0v) is 27.2. The summed E-state index contributed by atoms with van der Waals surface area (Å²) < 4.78 is 31.4. The molecule has 10 heteroatoms. The smallest absolute Gasteiger partial charge is 0.265 e. The number of nitrogens with one attached hydrogen (secondary N) is 1. The third kappa shape index (κ3) is 7.07. The van der Waals surface area contributed by atoms with Crippen LogP contribution in [-0.2, 0) is 26.2 Å². The molecule has 9 nitrogen and oxygen atoms in total. The Morgan fingerprint density at radius 2 is 1.32 bits per heavy atom. The number of likely N-dealkylation sites (tertiary alicyclic amines) is 2. The van der Waals surface area contributed by atoms with Gasteiger partial charge in [0.1, 0.15) is 0 Å². The maximum Gasteiger partial charge on any atom is 0.265 e. The normalized spacial score (nSPS) is 15.3. The number of carbonyl (C=O) groups is 3. The van der Waals surface area contributed by atoms with E-state index in [9.17, 15) is 22.8 Å². The number of aromatic nitrogens is 1. The highest BCUT2D eigenvalue weighted by Crippen LogP contribution is 2.27. The number of amides is 3. The molecule has 4 aromatic rings. The summed E-state index contributed by atoms with van der Waals surface area (Å²) in [5.74, 6) is -1.11. The van der Waals surface area contributed by atoms with Gasteiger partial charge in [-0.15, -0.1) is 0 Å². The molecule has 1 aromatic heterocycles. The highest BCUT2D eigenvalue weighted by Gasteiger charge is 2.26. The molecule has 2 aliphatic rings. The molecule has 0 aliphatic carbocycles. The van der Waals surface area contributed by atoms with E-state index in [-0.39, 0.29) is 28.8 Å². The van der Waals surface area contributed by atoms with Gasteiger partial charge in [-0.2, -0.15) is 0 Å². The Labute approximate surface area is 275 Å². The van der Waals surface area contributed by atoms with E-state index in [2.05, 4.69) is 4.72 Å². The molecule has 0 unspecified atom stereocenters. The van der Waals surface area contributed by atoms with E-state index in [0.29, 0.717) is 48.4 Å². The lowest BCUT2D eigenvalue weighted by Gasteiger charge is -2.19. The lowest BCUT2D eigenvalue weighted by molar-refractivity contribution is -0.125. The van der Waals surface area contributed by atoms with E-state index in [1.807, 2.05) is 41.1 Å². The van der Waals surface area contributed by atoms with Crippen LogP contribution in [0.3, 0.4) is 0 Å². The number of fused-ring (bicyclic) bond motifs is 1. The van der Waals surface area contributed by atoms with Crippen LogP contribution >= 0.6 is 0 Å². The van der Waals surface area contributed by atoms with Crippen LogP contribution in [0.25, 0.3) is 23.1 Å². The number of hydrogen-bond acceptors (Lipinski definition) is 5. The van der Waals surface area contributed by atoms with Crippen molar-refractivity contribution in [1.29, 1.82) is 0 Å². The first kappa shape index (κ1) is 32.0. The predicted octanol–water partition coefficient (Wildman–Crippen LogP) is 5.39. The average Bonchev–Trinajstić information content (AvgIpc) is 3.86. The van der Waals surface area contributed by atoms with Crippen molar-refractivity contribution in [2.75, 3.05) is 26.2 Å². The van der Waals surface area contributed by atoms with Gasteiger partial charge < -0.3 is 14.4 Å². The maximum absolute atomic E-state index is 14.3. The van der Waals surface area contributed by atoms with Crippen molar-refractivity contribution in [3.05, 3.63) is 113 Å². The third-order valence-corrected chi connectivity index (χ3v) is 10.4. The van der Waals surface area contributed by atoms with E-state index in [4.69, 9.17) is 0 Å². The maximum atomic E-state index is 14.3. The fraction of sp³-hybridized carbons (Fsp3) is 0.270. The lowest BCUT2D eigenvalue weighted by atomic mass is 9.94. The van der Waals surface area contributed by atoms with Gasteiger partial charge in [-0.1, -0.05) is 48.5 Å². The molecular formula is C37H38N4O5S. The van der Waals surface area contributed by atoms with Crippen LogP contribution in [0.1, 0.15) is 58.3 Å². The second kappa shape index (κ2) is 13.8. The molecule has 0 spiro atoms. The Balaban J connectivity index is 1.48. The summed E-state index contributed by atoms with van der Waals surface area (Å²) in [7, 11) is -4.25. The number of para-hydroxylation sites is 1. The van der Waals surface area contributed by atoms with Crippen LogP contribution in [0.4, 0.5) is 0 Å². The number of rotatable bonds is 9. The monoisotopic (exact) mass is 650 g/mol. The number of aryl methyl sites for hydroxylation is 1. The Kier molecular flexibility index (Phi) is 9.40. The van der Waals surface area contributed by atoms with Crippen LogP contribution in [0.2, 0.25) is 0 Å². The molecule has 0 bridgehead atoms. The van der Waals surface area contributed by atoms with E-state index in [1.165, 1.54) is 18.2 Å². The molecule has 1 N–H and O–H groups in total. The molecule has 3 aromatic carbocycles. The first-order valence-corrected chi connectivity index (χ1v) is 17.5. The lowest BCUT2D eigenvalue weighted by Crippen LogP contribution is -2.32. The minimum absolute atomic E-state index is 0.000123. The minimum atomic E-state index is -4.25. The van der Waals surface area contributed by atoms with Gasteiger partial charge in [0, 0.05) is 56.6 Å². The van der Waals surface area contributed by atoms with Gasteiger partial charge in [0.15, 0.2) is 0 Å². The summed E-state index contributed by atoms with van der Waals surface area (Å²) in [6.45, 7) is 4.62. The Morgan fingerprint density at radius 1 is 0.745 bits per heavy atom. The van der Waals surface area contributed by atoms with Gasteiger partial charge >= 0.3 is 0 Å².